The van der Waals surface area contributed by atoms with Gasteiger partial charge in [0.1, 0.15) is 11.4 Å². The second-order valence-electron chi connectivity index (χ2n) is 7.75. The van der Waals surface area contributed by atoms with Crippen LogP contribution in [0.25, 0.3) is 5.57 Å². The molecule has 6 nitrogen and oxygen atoms in total. The van der Waals surface area contributed by atoms with Crippen LogP contribution in [0.1, 0.15) is 18.1 Å². The molecule has 2 aromatic rings. The molecular weight excluding hydrogens is 378 g/mol. The minimum Gasteiger partial charge on any atom is -0.494 e. The summed E-state index contributed by atoms with van der Waals surface area (Å²) < 4.78 is 5.53. The highest BCUT2D eigenvalue weighted by Gasteiger charge is 2.42. The summed E-state index contributed by atoms with van der Waals surface area (Å²) in [5, 5.41) is 0. The molecule has 0 aliphatic carbocycles. The van der Waals surface area contributed by atoms with E-state index in [-0.39, 0.29) is 11.8 Å². The molecule has 6 heteroatoms. The van der Waals surface area contributed by atoms with Gasteiger partial charge < -0.3 is 14.5 Å². The van der Waals surface area contributed by atoms with Gasteiger partial charge in [0.15, 0.2) is 0 Å². The van der Waals surface area contributed by atoms with Gasteiger partial charge in [-0.1, -0.05) is 29.8 Å². The molecule has 0 N–H and O–H groups in total. The van der Waals surface area contributed by atoms with E-state index in [0.717, 1.165) is 30.0 Å². The molecule has 2 amide bonds. The van der Waals surface area contributed by atoms with Crippen molar-refractivity contribution in [3.05, 3.63) is 65.4 Å². The fourth-order valence-electron chi connectivity index (χ4n) is 3.91. The number of carbonyl (C=O) groups is 2. The van der Waals surface area contributed by atoms with Crippen LogP contribution in [0.2, 0.25) is 0 Å². The number of piperazine rings is 1. The Morgan fingerprint density at radius 3 is 2.10 bits per heavy atom. The van der Waals surface area contributed by atoms with Gasteiger partial charge in [0, 0.05) is 26.2 Å². The van der Waals surface area contributed by atoms with Crippen LogP contribution in [0.5, 0.6) is 5.75 Å². The first-order valence-corrected chi connectivity index (χ1v) is 10.4. The van der Waals surface area contributed by atoms with Gasteiger partial charge in [0.2, 0.25) is 0 Å². The van der Waals surface area contributed by atoms with Gasteiger partial charge in [-0.05, 0) is 50.7 Å². The van der Waals surface area contributed by atoms with Crippen LogP contribution in [-0.4, -0.2) is 61.4 Å². The second-order valence-corrected chi connectivity index (χ2v) is 7.75. The zero-order chi connectivity index (χ0) is 21.3. The number of anilines is 1. The van der Waals surface area contributed by atoms with E-state index in [0.29, 0.717) is 36.7 Å². The van der Waals surface area contributed by atoms with Crippen LogP contribution >= 0.6 is 0 Å². The number of nitrogens with zero attached hydrogens (tertiary/aromatic N) is 3. The molecule has 1 saturated heterocycles. The van der Waals surface area contributed by atoms with E-state index >= 15 is 0 Å². The van der Waals surface area contributed by atoms with Crippen molar-refractivity contribution in [2.24, 2.45) is 0 Å². The van der Waals surface area contributed by atoms with Crippen molar-refractivity contribution in [2.75, 3.05) is 44.7 Å². The highest BCUT2D eigenvalue weighted by molar-refractivity contribution is 6.45. The normalized spacial score (nSPS) is 17.8. The van der Waals surface area contributed by atoms with Crippen molar-refractivity contribution in [3.8, 4) is 5.75 Å². The molecule has 2 aliphatic rings. The molecule has 0 unspecified atom stereocenters. The summed E-state index contributed by atoms with van der Waals surface area (Å²) in [5.74, 6) is 0.217. The Morgan fingerprint density at radius 1 is 0.867 bits per heavy atom. The molecule has 1 fully saturated rings. The first kappa shape index (κ1) is 20.2. The molecule has 0 saturated carbocycles. The molecule has 2 heterocycles. The number of ether oxygens (including phenoxy) is 1. The summed E-state index contributed by atoms with van der Waals surface area (Å²) in [6.07, 6.45) is 0. The third kappa shape index (κ3) is 3.71. The smallest absolute Gasteiger partial charge is 0.282 e. The summed E-state index contributed by atoms with van der Waals surface area (Å²) in [7, 11) is 2.07. The maximum atomic E-state index is 13.5. The van der Waals surface area contributed by atoms with E-state index in [4.69, 9.17) is 4.74 Å². The van der Waals surface area contributed by atoms with Gasteiger partial charge in [-0.3, -0.25) is 9.59 Å². The lowest BCUT2D eigenvalue weighted by Crippen LogP contribution is -2.46. The Hall–Kier alpha value is -3.12. The van der Waals surface area contributed by atoms with Crippen LogP contribution in [0.15, 0.2) is 54.2 Å². The molecule has 0 atom stereocenters. The lowest BCUT2D eigenvalue weighted by atomic mass is 10.0. The van der Waals surface area contributed by atoms with E-state index in [1.807, 2.05) is 62.4 Å². The van der Waals surface area contributed by atoms with Crippen LogP contribution in [0.3, 0.4) is 0 Å². The van der Waals surface area contributed by atoms with Crippen molar-refractivity contribution in [1.29, 1.82) is 0 Å². The van der Waals surface area contributed by atoms with Crippen molar-refractivity contribution in [2.45, 2.75) is 13.8 Å². The van der Waals surface area contributed by atoms with Crippen LogP contribution in [0.4, 0.5) is 5.69 Å². The van der Waals surface area contributed by atoms with E-state index < -0.39 is 0 Å². The van der Waals surface area contributed by atoms with Gasteiger partial charge in [-0.15, -0.1) is 0 Å². The monoisotopic (exact) mass is 405 g/mol. The second kappa shape index (κ2) is 8.32. The SMILES string of the molecule is CCOc1ccc(C2=C(N3CCN(C)CC3)C(=O)N(c3ccc(C)cc3)C2=O)cc1. The van der Waals surface area contributed by atoms with Crippen LogP contribution in [0, 0.1) is 6.92 Å². The summed E-state index contributed by atoms with van der Waals surface area (Å²) in [4.78, 5) is 32.6. The summed E-state index contributed by atoms with van der Waals surface area (Å²) in [5.41, 5.74) is 3.38. The molecule has 156 valence electrons. The van der Waals surface area contributed by atoms with E-state index in [2.05, 4.69) is 16.8 Å². The third-order valence-electron chi connectivity index (χ3n) is 5.63. The fraction of sp³-hybridized carbons (Fsp3) is 0.333. The maximum absolute atomic E-state index is 13.5. The fourth-order valence-corrected chi connectivity index (χ4v) is 3.91. The Morgan fingerprint density at radius 2 is 1.50 bits per heavy atom. The molecule has 0 spiro atoms. The highest BCUT2D eigenvalue weighted by Crippen LogP contribution is 2.35. The number of hydrogen-bond donors (Lipinski definition) is 0. The molecule has 2 aromatic carbocycles. The van der Waals surface area contributed by atoms with Crippen molar-refractivity contribution < 1.29 is 14.3 Å². The first-order valence-electron chi connectivity index (χ1n) is 10.4. The van der Waals surface area contributed by atoms with Crippen LogP contribution < -0.4 is 9.64 Å². The zero-order valence-corrected chi connectivity index (χ0v) is 17.7. The minimum absolute atomic E-state index is 0.253. The van der Waals surface area contributed by atoms with Gasteiger partial charge in [-0.25, -0.2) is 4.90 Å². The molecule has 4 rings (SSSR count). The van der Waals surface area contributed by atoms with Crippen molar-refractivity contribution in [3.63, 3.8) is 0 Å². The zero-order valence-electron chi connectivity index (χ0n) is 17.7. The number of likely N-dealkylation sites (N-methyl/N-ethyl adjacent to an activating group) is 1. The average Bonchev–Trinajstić information content (AvgIpc) is 3.00. The first-order chi connectivity index (χ1) is 14.5. The summed E-state index contributed by atoms with van der Waals surface area (Å²) in [6, 6.07) is 14.9. The third-order valence-corrected chi connectivity index (χ3v) is 5.63. The quantitative estimate of drug-likeness (QED) is 0.716. The summed E-state index contributed by atoms with van der Waals surface area (Å²) in [6.45, 7) is 7.63. The Balaban J connectivity index is 1.76. The molecule has 0 radical (unpaired) electrons. The molecule has 0 bridgehead atoms. The Labute approximate surface area is 177 Å². The predicted octanol–water partition coefficient (Wildman–Crippen LogP) is 2.93. The largest absolute Gasteiger partial charge is 0.494 e. The maximum Gasteiger partial charge on any atom is 0.282 e. The predicted molar refractivity (Wildman–Crippen MR) is 117 cm³/mol. The molecule has 2 aliphatic heterocycles. The van der Waals surface area contributed by atoms with Gasteiger partial charge in [-0.2, -0.15) is 0 Å². The van der Waals surface area contributed by atoms with Gasteiger partial charge in [0.25, 0.3) is 11.8 Å². The Bertz CT molecular complexity index is 972. The number of hydrogen-bond acceptors (Lipinski definition) is 5. The number of benzene rings is 2. The molecule has 0 aromatic heterocycles. The van der Waals surface area contributed by atoms with E-state index in [1.54, 1.807) is 0 Å². The van der Waals surface area contributed by atoms with Gasteiger partial charge >= 0.3 is 0 Å². The number of carbonyl (C=O) groups excluding carboxylic acids is 2. The van der Waals surface area contributed by atoms with Crippen LogP contribution in [-0.2, 0) is 9.59 Å². The molecular formula is C24H27N3O3. The number of rotatable bonds is 5. The lowest BCUT2D eigenvalue weighted by molar-refractivity contribution is -0.120. The van der Waals surface area contributed by atoms with E-state index in [9.17, 15) is 9.59 Å². The van der Waals surface area contributed by atoms with Crippen molar-refractivity contribution >= 4 is 23.1 Å². The highest BCUT2D eigenvalue weighted by atomic mass is 16.5. The van der Waals surface area contributed by atoms with Gasteiger partial charge in [0.05, 0.1) is 17.9 Å². The topological polar surface area (TPSA) is 53.1 Å². The van der Waals surface area contributed by atoms with Crippen molar-refractivity contribution in [1.82, 2.24) is 9.80 Å². The minimum atomic E-state index is -0.276. The Kier molecular flexibility index (Phi) is 5.59. The average molecular weight is 405 g/mol. The van der Waals surface area contributed by atoms with E-state index in [1.165, 1.54) is 4.90 Å². The standard InChI is InChI=1S/C24H27N3O3/c1-4-30-20-11-7-18(8-12-20)21-22(26-15-13-25(3)14-16-26)24(29)27(23(21)28)19-9-5-17(2)6-10-19/h5-12H,4,13-16H2,1-3H3. The number of amides is 2. The number of imide groups is 1. The summed E-state index contributed by atoms with van der Waals surface area (Å²) >= 11 is 0. The number of aryl methyl sites for hydroxylation is 1. The lowest BCUT2D eigenvalue weighted by Gasteiger charge is -2.34. The molecule has 30 heavy (non-hydrogen) atoms.